The molecule has 0 aliphatic carbocycles. The lowest BCUT2D eigenvalue weighted by molar-refractivity contribution is 0.363. The van der Waals surface area contributed by atoms with Crippen LogP contribution in [0, 0.1) is 0 Å². The number of piperidine rings is 1. The number of nitrogen functional groups attached to an aromatic ring is 1. The molecule has 0 atom stereocenters. The number of rotatable bonds is 1. The molecule has 4 N–H and O–H groups in total. The molecule has 114 valence electrons. The molecule has 0 bridgehead atoms. The van der Waals surface area contributed by atoms with Crippen LogP contribution in [0.1, 0.15) is 19.8 Å². The average molecular weight is 312 g/mol. The highest BCUT2D eigenvalue weighted by atomic mass is 32.1. The van der Waals surface area contributed by atoms with Gasteiger partial charge in [-0.05, 0) is 49.4 Å². The standard InChI is InChI=1S/C17H20N4S/c1-17(19)5-7-21(8-6-17)16-13-4-9-22-15(13)12-3-2-11(18)10-14(12)20-16/h2-4,9-10H,5-8,18-19H2,1H3. The molecule has 5 heteroatoms. The van der Waals surface area contributed by atoms with Gasteiger partial charge in [0.05, 0.1) is 5.52 Å². The van der Waals surface area contributed by atoms with Gasteiger partial charge < -0.3 is 16.4 Å². The fourth-order valence-electron chi connectivity index (χ4n) is 3.17. The van der Waals surface area contributed by atoms with E-state index in [9.17, 15) is 0 Å². The van der Waals surface area contributed by atoms with Crippen molar-refractivity contribution in [3.05, 3.63) is 29.6 Å². The lowest BCUT2D eigenvalue weighted by Gasteiger charge is -2.37. The molecule has 0 amide bonds. The highest BCUT2D eigenvalue weighted by molar-refractivity contribution is 7.18. The Labute approximate surface area is 133 Å². The van der Waals surface area contributed by atoms with E-state index >= 15 is 0 Å². The molecule has 1 fully saturated rings. The van der Waals surface area contributed by atoms with Crippen molar-refractivity contribution in [3.8, 4) is 0 Å². The van der Waals surface area contributed by atoms with Gasteiger partial charge >= 0.3 is 0 Å². The number of anilines is 2. The molecule has 0 unspecified atom stereocenters. The molecule has 2 aromatic heterocycles. The highest BCUT2D eigenvalue weighted by Crippen LogP contribution is 2.37. The minimum atomic E-state index is -0.0501. The number of hydrogen-bond acceptors (Lipinski definition) is 5. The number of nitrogens with two attached hydrogens (primary N) is 2. The Morgan fingerprint density at radius 2 is 1.95 bits per heavy atom. The second-order valence-electron chi connectivity index (χ2n) is 6.52. The van der Waals surface area contributed by atoms with E-state index < -0.39 is 0 Å². The molecule has 0 radical (unpaired) electrons. The third-order valence-corrected chi connectivity index (χ3v) is 5.55. The first-order valence-corrected chi connectivity index (χ1v) is 8.52. The molecule has 1 aliphatic rings. The third kappa shape index (κ3) is 2.21. The number of fused-ring (bicyclic) bond motifs is 3. The maximum atomic E-state index is 6.26. The summed E-state index contributed by atoms with van der Waals surface area (Å²) in [6.45, 7) is 4.05. The van der Waals surface area contributed by atoms with Crippen LogP contribution in [-0.2, 0) is 0 Å². The summed E-state index contributed by atoms with van der Waals surface area (Å²) in [7, 11) is 0. The Kier molecular flexibility index (Phi) is 3.03. The van der Waals surface area contributed by atoms with Crippen LogP contribution in [0.15, 0.2) is 29.6 Å². The molecule has 3 aromatic rings. The second-order valence-corrected chi connectivity index (χ2v) is 7.43. The lowest BCUT2D eigenvalue weighted by atomic mass is 9.91. The second kappa shape index (κ2) is 4.83. The maximum absolute atomic E-state index is 6.26. The van der Waals surface area contributed by atoms with Crippen molar-refractivity contribution in [1.82, 2.24) is 4.98 Å². The zero-order chi connectivity index (χ0) is 15.3. The number of pyridine rings is 1. The molecule has 0 spiro atoms. The van der Waals surface area contributed by atoms with Gasteiger partial charge in [0.15, 0.2) is 0 Å². The normalized spacial score (nSPS) is 18.2. The van der Waals surface area contributed by atoms with E-state index in [4.69, 9.17) is 16.5 Å². The van der Waals surface area contributed by atoms with Crippen molar-refractivity contribution in [2.24, 2.45) is 5.73 Å². The molecule has 3 heterocycles. The SMILES string of the molecule is CC1(N)CCN(c2nc3cc(N)ccc3c3sccc23)CC1. The van der Waals surface area contributed by atoms with Crippen LogP contribution in [0.3, 0.4) is 0 Å². The van der Waals surface area contributed by atoms with E-state index in [2.05, 4.69) is 29.3 Å². The zero-order valence-electron chi connectivity index (χ0n) is 12.7. The minimum absolute atomic E-state index is 0.0501. The summed E-state index contributed by atoms with van der Waals surface area (Å²) in [6.07, 6.45) is 1.99. The van der Waals surface area contributed by atoms with Crippen molar-refractivity contribution in [2.45, 2.75) is 25.3 Å². The molecule has 4 nitrogen and oxygen atoms in total. The molecule has 1 saturated heterocycles. The van der Waals surface area contributed by atoms with Gasteiger partial charge in [0.25, 0.3) is 0 Å². The third-order valence-electron chi connectivity index (χ3n) is 4.60. The lowest BCUT2D eigenvalue weighted by Crippen LogP contribution is -2.48. The quantitative estimate of drug-likeness (QED) is 0.676. The molecular weight excluding hydrogens is 292 g/mol. The Morgan fingerprint density at radius 3 is 2.73 bits per heavy atom. The number of benzene rings is 1. The summed E-state index contributed by atoms with van der Waals surface area (Å²) in [5, 5.41) is 4.56. The van der Waals surface area contributed by atoms with Crippen molar-refractivity contribution in [1.29, 1.82) is 0 Å². The van der Waals surface area contributed by atoms with E-state index in [1.54, 1.807) is 11.3 Å². The summed E-state index contributed by atoms with van der Waals surface area (Å²) < 4.78 is 1.29. The summed E-state index contributed by atoms with van der Waals surface area (Å²) >= 11 is 1.77. The molecule has 22 heavy (non-hydrogen) atoms. The van der Waals surface area contributed by atoms with Crippen molar-refractivity contribution < 1.29 is 0 Å². The number of thiophene rings is 1. The minimum Gasteiger partial charge on any atom is -0.399 e. The molecule has 1 aliphatic heterocycles. The van der Waals surface area contributed by atoms with Gasteiger partial charge in [0.2, 0.25) is 0 Å². The Morgan fingerprint density at radius 1 is 1.18 bits per heavy atom. The molecular formula is C17H20N4S. The average Bonchev–Trinajstić information content (AvgIpc) is 2.96. The summed E-state index contributed by atoms with van der Waals surface area (Å²) in [6, 6.07) is 8.17. The topological polar surface area (TPSA) is 68.2 Å². The van der Waals surface area contributed by atoms with E-state index in [1.807, 2.05) is 12.1 Å². The van der Waals surface area contributed by atoms with Crippen LogP contribution in [0.5, 0.6) is 0 Å². The Balaban J connectivity index is 1.87. The highest BCUT2D eigenvalue weighted by Gasteiger charge is 2.27. The Hall–Kier alpha value is -1.85. The fraction of sp³-hybridized carbons (Fsp3) is 0.353. The summed E-state index contributed by atoms with van der Waals surface area (Å²) in [4.78, 5) is 7.29. The van der Waals surface area contributed by atoms with Gasteiger partial charge in [-0.2, -0.15) is 0 Å². The van der Waals surface area contributed by atoms with E-state index in [-0.39, 0.29) is 5.54 Å². The van der Waals surface area contributed by atoms with Crippen LogP contribution in [-0.4, -0.2) is 23.6 Å². The van der Waals surface area contributed by atoms with Crippen LogP contribution >= 0.6 is 11.3 Å². The van der Waals surface area contributed by atoms with Crippen LogP contribution in [0.25, 0.3) is 21.0 Å². The van der Waals surface area contributed by atoms with Crippen LogP contribution in [0.4, 0.5) is 11.5 Å². The first-order valence-electron chi connectivity index (χ1n) is 7.64. The van der Waals surface area contributed by atoms with Gasteiger partial charge in [-0.15, -0.1) is 11.3 Å². The van der Waals surface area contributed by atoms with Crippen molar-refractivity contribution >= 4 is 43.8 Å². The van der Waals surface area contributed by atoms with Crippen LogP contribution < -0.4 is 16.4 Å². The summed E-state index contributed by atoms with van der Waals surface area (Å²) in [5.74, 6) is 1.07. The predicted octanol–water partition coefficient (Wildman–Crippen LogP) is 3.35. The number of hydrogen-bond donors (Lipinski definition) is 2. The van der Waals surface area contributed by atoms with Gasteiger partial charge in [-0.1, -0.05) is 0 Å². The Bertz CT molecular complexity index is 842. The largest absolute Gasteiger partial charge is 0.399 e. The van der Waals surface area contributed by atoms with Gasteiger partial charge in [0.1, 0.15) is 5.82 Å². The van der Waals surface area contributed by atoms with Crippen molar-refractivity contribution in [2.75, 3.05) is 23.7 Å². The smallest absolute Gasteiger partial charge is 0.138 e. The first-order chi connectivity index (χ1) is 10.5. The van der Waals surface area contributed by atoms with E-state index in [1.165, 1.54) is 15.5 Å². The molecule has 0 saturated carbocycles. The van der Waals surface area contributed by atoms with Gasteiger partial charge in [0, 0.05) is 39.8 Å². The fourth-order valence-corrected chi connectivity index (χ4v) is 4.10. The van der Waals surface area contributed by atoms with E-state index in [0.717, 1.165) is 43.0 Å². The van der Waals surface area contributed by atoms with E-state index in [0.29, 0.717) is 0 Å². The molecule has 4 rings (SSSR count). The predicted molar refractivity (Wildman–Crippen MR) is 95.6 cm³/mol. The number of nitrogens with zero attached hydrogens (tertiary/aromatic N) is 2. The maximum Gasteiger partial charge on any atom is 0.138 e. The van der Waals surface area contributed by atoms with Gasteiger partial charge in [-0.3, -0.25) is 0 Å². The van der Waals surface area contributed by atoms with Gasteiger partial charge in [-0.25, -0.2) is 4.98 Å². The molecule has 1 aromatic carbocycles. The zero-order valence-corrected chi connectivity index (χ0v) is 13.5. The van der Waals surface area contributed by atoms with Crippen LogP contribution in [0.2, 0.25) is 0 Å². The van der Waals surface area contributed by atoms with Crippen molar-refractivity contribution in [3.63, 3.8) is 0 Å². The number of aromatic nitrogens is 1. The monoisotopic (exact) mass is 312 g/mol. The first kappa shape index (κ1) is 13.8. The summed E-state index contributed by atoms with van der Waals surface area (Å²) in [5.41, 5.74) is 13.9.